The standard InChI is InChI=1S/3C14H21N/c3*1-4-15-10-13-8-6-5-7-12(13)9-14(15)11(2)3/h3*5-8,11,14H,4,9-10H2,1-3H3/t2*14-;/m10./s1. The summed E-state index contributed by atoms with van der Waals surface area (Å²) in [7, 11) is 0. The Bertz CT molecular complexity index is 1150. The molecule has 0 spiro atoms. The van der Waals surface area contributed by atoms with E-state index in [4.69, 9.17) is 0 Å². The molecule has 1 unspecified atom stereocenters. The Hall–Kier alpha value is -2.46. The summed E-state index contributed by atoms with van der Waals surface area (Å²) in [5.41, 5.74) is 9.24. The zero-order valence-corrected chi connectivity index (χ0v) is 30.1. The molecule has 3 aromatic carbocycles. The fraction of sp³-hybridized carbons (Fsp3) is 0.571. The van der Waals surface area contributed by atoms with Gasteiger partial charge in [-0.2, -0.15) is 0 Å². The number of nitrogens with zero attached hydrogens (tertiary/aromatic N) is 3. The van der Waals surface area contributed by atoms with Crippen LogP contribution in [0.5, 0.6) is 0 Å². The topological polar surface area (TPSA) is 9.72 Å². The number of rotatable bonds is 6. The third-order valence-corrected chi connectivity index (χ3v) is 10.7. The van der Waals surface area contributed by atoms with Crippen LogP contribution in [0.3, 0.4) is 0 Å². The summed E-state index contributed by atoms with van der Waals surface area (Å²) in [6.45, 7) is 27.7. The molecule has 3 aromatic rings. The highest BCUT2D eigenvalue weighted by Gasteiger charge is 2.28. The van der Waals surface area contributed by atoms with E-state index in [1.165, 1.54) is 36.0 Å². The summed E-state index contributed by atoms with van der Waals surface area (Å²) in [6.07, 6.45) is 3.67. The van der Waals surface area contributed by atoms with E-state index in [2.05, 4.69) is 150 Å². The zero-order valence-electron chi connectivity index (χ0n) is 30.1. The maximum absolute atomic E-state index is 2.60. The van der Waals surface area contributed by atoms with Crippen molar-refractivity contribution in [3.05, 3.63) is 106 Å². The second-order valence-electron chi connectivity index (χ2n) is 14.5. The second kappa shape index (κ2) is 16.9. The monoisotopic (exact) mass is 610 g/mol. The van der Waals surface area contributed by atoms with Gasteiger partial charge in [0.25, 0.3) is 0 Å². The fourth-order valence-corrected chi connectivity index (χ4v) is 7.82. The Balaban J connectivity index is 0.000000154. The maximum atomic E-state index is 2.60. The molecule has 3 atom stereocenters. The Kier molecular flexibility index (Phi) is 13.3. The van der Waals surface area contributed by atoms with Crippen molar-refractivity contribution in [2.45, 2.75) is 119 Å². The van der Waals surface area contributed by atoms with Gasteiger partial charge in [-0.15, -0.1) is 0 Å². The average molecular weight is 610 g/mol. The highest BCUT2D eigenvalue weighted by molar-refractivity contribution is 5.32. The van der Waals surface area contributed by atoms with E-state index in [1.54, 1.807) is 16.7 Å². The molecule has 0 radical (unpaired) electrons. The van der Waals surface area contributed by atoms with E-state index >= 15 is 0 Å². The SMILES string of the molecule is CCN1Cc2ccccc2CC1C(C)C.CCN1Cc2ccccc2C[C@@H]1C(C)C.CCN1Cc2ccccc2C[C@H]1C(C)C. The second-order valence-corrected chi connectivity index (χ2v) is 14.5. The minimum atomic E-state index is 0.727. The minimum Gasteiger partial charge on any atom is -0.296 e. The Labute approximate surface area is 277 Å². The van der Waals surface area contributed by atoms with Crippen molar-refractivity contribution in [1.29, 1.82) is 0 Å². The van der Waals surface area contributed by atoms with E-state index in [0.29, 0.717) is 0 Å². The van der Waals surface area contributed by atoms with Gasteiger partial charge in [-0.05, 0) is 90.0 Å². The van der Waals surface area contributed by atoms with Crippen LogP contribution < -0.4 is 0 Å². The zero-order chi connectivity index (χ0) is 32.5. The molecule has 0 saturated heterocycles. The molecule has 3 heterocycles. The van der Waals surface area contributed by atoms with Crippen LogP contribution >= 0.6 is 0 Å². The lowest BCUT2D eigenvalue weighted by Crippen LogP contribution is -2.43. The molecule has 0 aliphatic carbocycles. The lowest BCUT2D eigenvalue weighted by atomic mass is 9.88. The molecule has 3 aliphatic rings. The summed E-state index contributed by atoms with van der Waals surface area (Å²) in [5, 5.41) is 0. The van der Waals surface area contributed by atoms with Crippen LogP contribution in [0.15, 0.2) is 72.8 Å². The molecule has 3 aliphatic heterocycles. The Morgan fingerprint density at radius 3 is 0.844 bits per heavy atom. The first kappa shape index (κ1) is 35.4. The number of hydrogen-bond acceptors (Lipinski definition) is 3. The first-order valence-electron chi connectivity index (χ1n) is 18.1. The number of fused-ring (bicyclic) bond motifs is 3. The largest absolute Gasteiger partial charge is 0.296 e. The smallest absolute Gasteiger partial charge is 0.0239 e. The molecule has 3 nitrogen and oxygen atoms in total. The highest BCUT2D eigenvalue weighted by Crippen LogP contribution is 2.29. The van der Waals surface area contributed by atoms with Crippen molar-refractivity contribution in [1.82, 2.24) is 14.7 Å². The number of likely N-dealkylation sites (N-methyl/N-ethyl adjacent to an activating group) is 3. The van der Waals surface area contributed by atoms with Crippen molar-refractivity contribution in [2.75, 3.05) is 19.6 Å². The lowest BCUT2D eigenvalue weighted by molar-refractivity contribution is 0.140. The number of hydrogen-bond donors (Lipinski definition) is 0. The molecule has 0 N–H and O–H groups in total. The lowest BCUT2D eigenvalue weighted by Gasteiger charge is -2.38. The van der Waals surface area contributed by atoms with Crippen LogP contribution in [0.25, 0.3) is 0 Å². The Morgan fingerprint density at radius 2 is 0.644 bits per heavy atom. The van der Waals surface area contributed by atoms with Gasteiger partial charge in [0.05, 0.1) is 0 Å². The van der Waals surface area contributed by atoms with Gasteiger partial charge >= 0.3 is 0 Å². The average Bonchev–Trinajstić information content (AvgIpc) is 3.06. The van der Waals surface area contributed by atoms with E-state index in [9.17, 15) is 0 Å². The van der Waals surface area contributed by atoms with Crippen molar-refractivity contribution < 1.29 is 0 Å². The van der Waals surface area contributed by atoms with E-state index in [-0.39, 0.29) is 0 Å². The van der Waals surface area contributed by atoms with Gasteiger partial charge in [-0.25, -0.2) is 0 Å². The van der Waals surface area contributed by atoms with Gasteiger partial charge in [-0.1, -0.05) is 135 Å². The summed E-state index contributed by atoms with van der Waals surface area (Å²) < 4.78 is 0. The quantitative estimate of drug-likeness (QED) is 0.276. The van der Waals surface area contributed by atoms with E-state index in [0.717, 1.165) is 75.1 Å². The Morgan fingerprint density at radius 1 is 0.422 bits per heavy atom. The summed E-state index contributed by atoms with van der Waals surface area (Å²) in [5.74, 6) is 2.25. The van der Waals surface area contributed by atoms with Crippen LogP contribution in [0.1, 0.15) is 95.7 Å². The molecule has 3 heteroatoms. The minimum absolute atomic E-state index is 0.727. The molecule has 0 bridgehead atoms. The van der Waals surface area contributed by atoms with Crippen molar-refractivity contribution in [3.8, 4) is 0 Å². The van der Waals surface area contributed by atoms with Crippen molar-refractivity contribution >= 4 is 0 Å². The van der Waals surface area contributed by atoms with Crippen LogP contribution in [0.2, 0.25) is 0 Å². The van der Waals surface area contributed by atoms with Gasteiger partial charge in [0.2, 0.25) is 0 Å². The van der Waals surface area contributed by atoms with Gasteiger partial charge in [0.1, 0.15) is 0 Å². The maximum Gasteiger partial charge on any atom is 0.0239 e. The molecular formula is C42H63N3. The van der Waals surface area contributed by atoms with E-state index < -0.39 is 0 Å². The third kappa shape index (κ3) is 9.09. The molecule has 0 saturated carbocycles. The molecule has 0 aromatic heterocycles. The first-order chi connectivity index (χ1) is 21.7. The summed E-state index contributed by atoms with van der Waals surface area (Å²) in [6, 6.07) is 28.8. The number of benzene rings is 3. The highest BCUT2D eigenvalue weighted by atomic mass is 15.2. The third-order valence-electron chi connectivity index (χ3n) is 10.7. The van der Waals surface area contributed by atoms with Crippen molar-refractivity contribution in [3.63, 3.8) is 0 Å². The van der Waals surface area contributed by atoms with Gasteiger partial charge < -0.3 is 0 Å². The van der Waals surface area contributed by atoms with Crippen molar-refractivity contribution in [2.24, 2.45) is 17.8 Å². The fourth-order valence-electron chi connectivity index (χ4n) is 7.82. The molecule has 246 valence electrons. The summed E-state index contributed by atoms with van der Waals surface area (Å²) >= 11 is 0. The van der Waals surface area contributed by atoms with Crippen LogP contribution in [0.4, 0.5) is 0 Å². The van der Waals surface area contributed by atoms with Crippen LogP contribution in [-0.4, -0.2) is 52.5 Å². The van der Waals surface area contributed by atoms with Gasteiger partial charge in [-0.3, -0.25) is 14.7 Å². The molecule has 45 heavy (non-hydrogen) atoms. The normalized spacial score (nSPS) is 21.7. The molecule has 0 amide bonds. The molecule has 0 fully saturated rings. The van der Waals surface area contributed by atoms with Crippen LogP contribution in [0, 0.1) is 17.8 Å². The molecular weight excluding hydrogens is 546 g/mol. The van der Waals surface area contributed by atoms with Crippen LogP contribution in [-0.2, 0) is 38.9 Å². The predicted molar refractivity (Wildman–Crippen MR) is 195 cm³/mol. The first-order valence-corrected chi connectivity index (χ1v) is 18.1. The van der Waals surface area contributed by atoms with Gasteiger partial charge in [0, 0.05) is 37.8 Å². The predicted octanol–water partition coefficient (Wildman–Crippen LogP) is 9.27. The molecule has 6 rings (SSSR count). The van der Waals surface area contributed by atoms with E-state index in [1.807, 2.05) is 0 Å². The summed E-state index contributed by atoms with van der Waals surface area (Å²) in [4.78, 5) is 7.81. The van der Waals surface area contributed by atoms with Gasteiger partial charge in [0.15, 0.2) is 0 Å².